The standard InChI is InChI=1S/C23H28OP2.C5H6.Fe/c1-18(21-16-11-17-22(21)26(24)23(2,3)4)25(19-12-7-5-8-13-19)20-14-9-6-10-15-20;1-2-4-5-3-1;/h5-10,12-18,26H,11H2,1-4H3;1-4H,5H2;/t18-;;/m1../s1. The van der Waals surface area contributed by atoms with Gasteiger partial charge in [0.15, 0.2) is 0 Å². The van der Waals surface area contributed by atoms with Crippen LogP contribution in [0.4, 0.5) is 0 Å². The SMILES string of the molecule is C1=CCC=C1.C[C@H](C1=CCC=C1[P@H](=O)C(C)(C)C)P(c1ccccc1)c1ccccc1.[Fe]. The number of hydrogen-bond donors (Lipinski definition) is 0. The Hall–Kier alpha value is -1.42. The van der Waals surface area contributed by atoms with Gasteiger partial charge < -0.3 is 4.57 Å². The van der Waals surface area contributed by atoms with Crippen LogP contribution in [-0.2, 0) is 21.6 Å². The van der Waals surface area contributed by atoms with Gasteiger partial charge in [0.2, 0.25) is 0 Å². The van der Waals surface area contributed by atoms with Crippen molar-refractivity contribution in [3.8, 4) is 0 Å². The molecule has 0 saturated heterocycles. The summed E-state index contributed by atoms with van der Waals surface area (Å²) in [6.45, 7) is 8.58. The average Bonchev–Trinajstić information content (AvgIpc) is 3.49. The molecule has 0 N–H and O–H groups in total. The van der Waals surface area contributed by atoms with Crippen LogP contribution in [-0.4, -0.2) is 10.8 Å². The Morgan fingerprint density at radius 2 is 1.31 bits per heavy atom. The van der Waals surface area contributed by atoms with Crippen LogP contribution in [0.1, 0.15) is 40.5 Å². The van der Waals surface area contributed by atoms with Gasteiger partial charge in [-0.2, -0.15) is 0 Å². The summed E-state index contributed by atoms with van der Waals surface area (Å²) in [4.78, 5) is 0. The molecule has 32 heavy (non-hydrogen) atoms. The van der Waals surface area contributed by atoms with Crippen LogP contribution in [0.2, 0.25) is 0 Å². The van der Waals surface area contributed by atoms with E-state index >= 15 is 0 Å². The predicted molar refractivity (Wildman–Crippen MR) is 141 cm³/mol. The van der Waals surface area contributed by atoms with Crippen molar-refractivity contribution in [2.75, 3.05) is 0 Å². The molecule has 2 aromatic carbocycles. The summed E-state index contributed by atoms with van der Waals surface area (Å²) in [7, 11) is -2.36. The van der Waals surface area contributed by atoms with Crippen molar-refractivity contribution >= 4 is 26.3 Å². The fraction of sp³-hybridized carbons (Fsp3) is 0.286. The van der Waals surface area contributed by atoms with E-state index in [0.29, 0.717) is 5.66 Å². The molecule has 0 saturated carbocycles. The Morgan fingerprint density at radius 3 is 1.72 bits per heavy atom. The molecule has 4 rings (SSSR count). The summed E-state index contributed by atoms with van der Waals surface area (Å²) in [5.74, 6) is 0. The molecule has 170 valence electrons. The molecule has 0 bridgehead atoms. The zero-order valence-corrected chi connectivity index (χ0v) is 22.4. The second kappa shape index (κ2) is 12.7. The van der Waals surface area contributed by atoms with Crippen LogP contribution >= 0.6 is 15.7 Å². The van der Waals surface area contributed by atoms with Gasteiger partial charge in [-0.15, -0.1) is 0 Å². The van der Waals surface area contributed by atoms with Gasteiger partial charge in [-0.3, -0.25) is 0 Å². The van der Waals surface area contributed by atoms with Crippen LogP contribution < -0.4 is 10.6 Å². The summed E-state index contributed by atoms with van der Waals surface area (Å²) in [6, 6.07) is 21.6. The molecular weight excluding hydrogens is 470 g/mol. The van der Waals surface area contributed by atoms with E-state index in [9.17, 15) is 4.57 Å². The second-order valence-corrected chi connectivity index (χ2v) is 14.1. The van der Waals surface area contributed by atoms with E-state index in [1.165, 1.54) is 16.2 Å². The molecular formula is C28H34FeOP2. The van der Waals surface area contributed by atoms with Gasteiger partial charge in [-0.05, 0) is 36.9 Å². The maximum absolute atomic E-state index is 13.2. The molecule has 2 aromatic rings. The first-order chi connectivity index (χ1) is 14.9. The van der Waals surface area contributed by atoms with Crippen LogP contribution in [0.3, 0.4) is 0 Å². The normalized spacial score (nSPS) is 16.5. The number of allylic oxidation sites excluding steroid dienone is 8. The van der Waals surface area contributed by atoms with E-state index in [1.807, 2.05) is 0 Å². The van der Waals surface area contributed by atoms with Gasteiger partial charge in [-0.1, -0.05) is 125 Å². The van der Waals surface area contributed by atoms with E-state index in [4.69, 9.17) is 0 Å². The first-order valence-corrected chi connectivity index (χ1v) is 13.9. The molecule has 2 aliphatic carbocycles. The fourth-order valence-electron chi connectivity index (χ4n) is 3.86. The predicted octanol–water partition coefficient (Wildman–Crippen LogP) is 7.58. The summed E-state index contributed by atoms with van der Waals surface area (Å²) in [6.07, 6.45) is 14.9. The summed E-state index contributed by atoms with van der Waals surface area (Å²) >= 11 is 0. The van der Waals surface area contributed by atoms with Crippen molar-refractivity contribution < 1.29 is 21.6 Å². The first kappa shape index (κ1) is 26.8. The van der Waals surface area contributed by atoms with Gasteiger partial charge >= 0.3 is 0 Å². The van der Waals surface area contributed by atoms with E-state index < -0.39 is 15.7 Å². The zero-order chi connectivity index (χ0) is 22.3. The second-order valence-electron chi connectivity index (χ2n) is 8.90. The van der Waals surface area contributed by atoms with Crippen LogP contribution in [0.15, 0.2) is 108 Å². The van der Waals surface area contributed by atoms with E-state index in [2.05, 4.69) is 125 Å². The van der Waals surface area contributed by atoms with Crippen molar-refractivity contribution in [1.29, 1.82) is 0 Å². The molecule has 0 amide bonds. The summed E-state index contributed by atoms with van der Waals surface area (Å²) < 4.78 is 13.2. The largest absolute Gasteiger partial charge is 0.321 e. The Morgan fingerprint density at radius 1 is 0.812 bits per heavy atom. The minimum Gasteiger partial charge on any atom is -0.321 e. The molecule has 0 fully saturated rings. The Labute approximate surface area is 206 Å². The Balaban J connectivity index is 0.000000534. The number of hydrogen-bond acceptors (Lipinski definition) is 1. The van der Waals surface area contributed by atoms with Crippen molar-refractivity contribution in [3.63, 3.8) is 0 Å². The van der Waals surface area contributed by atoms with Crippen molar-refractivity contribution in [3.05, 3.63) is 108 Å². The van der Waals surface area contributed by atoms with Crippen molar-refractivity contribution in [2.45, 2.75) is 51.4 Å². The molecule has 0 spiro atoms. The number of benzene rings is 2. The molecule has 4 heteroatoms. The number of rotatable bonds is 5. The van der Waals surface area contributed by atoms with E-state index in [-0.39, 0.29) is 22.2 Å². The van der Waals surface area contributed by atoms with Crippen molar-refractivity contribution in [2.24, 2.45) is 0 Å². The Kier molecular flexibility index (Phi) is 10.7. The quantitative estimate of drug-likeness (QED) is 0.303. The van der Waals surface area contributed by atoms with Crippen LogP contribution in [0, 0.1) is 0 Å². The molecule has 0 aromatic heterocycles. The fourth-order valence-corrected chi connectivity index (χ4v) is 8.38. The summed E-state index contributed by atoms with van der Waals surface area (Å²) in [5.41, 5.74) is 1.66. The minimum absolute atomic E-state index is 0. The van der Waals surface area contributed by atoms with Gasteiger partial charge in [-0.25, -0.2) is 0 Å². The van der Waals surface area contributed by atoms with Gasteiger partial charge in [0.25, 0.3) is 0 Å². The first-order valence-electron chi connectivity index (χ1n) is 11.1. The topological polar surface area (TPSA) is 17.1 Å². The minimum atomic E-state index is -1.82. The Bertz CT molecular complexity index is 949. The molecule has 2 aliphatic rings. The summed E-state index contributed by atoms with van der Waals surface area (Å²) in [5, 5.41) is 3.71. The molecule has 0 heterocycles. The molecule has 0 aliphatic heterocycles. The third-order valence-corrected chi connectivity index (χ3v) is 10.6. The van der Waals surface area contributed by atoms with Crippen LogP contribution in [0.25, 0.3) is 0 Å². The maximum atomic E-state index is 13.2. The molecule has 0 radical (unpaired) electrons. The third kappa shape index (κ3) is 7.04. The maximum Gasteiger partial charge on any atom is 0.109 e. The van der Waals surface area contributed by atoms with E-state index in [0.717, 1.165) is 18.2 Å². The monoisotopic (exact) mass is 504 g/mol. The van der Waals surface area contributed by atoms with Gasteiger partial charge in [0.05, 0.1) is 0 Å². The third-order valence-electron chi connectivity index (χ3n) is 5.46. The van der Waals surface area contributed by atoms with Gasteiger partial charge in [0.1, 0.15) is 7.80 Å². The van der Waals surface area contributed by atoms with Gasteiger partial charge in [0, 0.05) is 33.2 Å². The smallest absolute Gasteiger partial charge is 0.109 e. The van der Waals surface area contributed by atoms with Crippen LogP contribution in [0.5, 0.6) is 0 Å². The molecule has 1 nitrogen and oxygen atoms in total. The molecule has 0 unspecified atom stereocenters. The zero-order valence-electron chi connectivity index (χ0n) is 19.4. The molecule has 2 atom stereocenters. The van der Waals surface area contributed by atoms with Crippen molar-refractivity contribution in [1.82, 2.24) is 0 Å². The average molecular weight is 504 g/mol. The van der Waals surface area contributed by atoms with E-state index in [1.54, 1.807) is 0 Å².